The minimum Gasteiger partial charge on any atom is -0.435 e. The van der Waals surface area contributed by atoms with E-state index in [9.17, 15) is 0 Å². The van der Waals surface area contributed by atoms with E-state index in [-0.39, 0.29) is 6.04 Å². The van der Waals surface area contributed by atoms with Gasteiger partial charge in [0.15, 0.2) is 5.82 Å². The molecule has 3 heterocycles. The summed E-state index contributed by atoms with van der Waals surface area (Å²) in [4.78, 5) is 15.4. The SMILES string of the molecule is CC1CN=C2c3ccccc3Oc3nccnc3N21. The summed E-state index contributed by atoms with van der Waals surface area (Å²) in [5, 5.41) is 0. The number of rotatable bonds is 0. The summed E-state index contributed by atoms with van der Waals surface area (Å²) in [7, 11) is 0. The highest BCUT2D eigenvalue weighted by Gasteiger charge is 2.34. The molecule has 0 N–H and O–H groups in total. The Kier molecular flexibility index (Phi) is 2.09. The van der Waals surface area contributed by atoms with Crippen LogP contribution in [0.25, 0.3) is 0 Å². The number of para-hydroxylation sites is 1. The topological polar surface area (TPSA) is 50.6 Å². The van der Waals surface area contributed by atoms with Gasteiger partial charge >= 0.3 is 0 Å². The van der Waals surface area contributed by atoms with Crippen LogP contribution in [0.4, 0.5) is 5.82 Å². The predicted octanol–water partition coefficient (Wildman–Crippen LogP) is 2.24. The first kappa shape index (κ1) is 10.5. The van der Waals surface area contributed by atoms with Crippen molar-refractivity contribution >= 4 is 11.7 Å². The molecule has 1 unspecified atom stereocenters. The Morgan fingerprint density at radius 3 is 3.00 bits per heavy atom. The Hall–Kier alpha value is -2.43. The first-order valence-corrected chi connectivity index (χ1v) is 6.26. The van der Waals surface area contributed by atoms with E-state index in [0.29, 0.717) is 5.88 Å². The number of nitrogens with zero attached hydrogens (tertiary/aromatic N) is 4. The molecule has 0 saturated heterocycles. The summed E-state index contributed by atoms with van der Waals surface area (Å²) in [6.07, 6.45) is 3.32. The van der Waals surface area contributed by atoms with Crippen molar-refractivity contribution in [2.45, 2.75) is 13.0 Å². The maximum atomic E-state index is 5.89. The fourth-order valence-electron chi connectivity index (χ4n) is 2.51. The van der Waals surface area contributed by atoms with Gasteiger partial charge in [0.1, 0.15) is 11.6 Å². The molecule has 0 fully saturated rings. The van der Waals surface area contributed by atoms with Crippen LogP contribution in [-0.2, 0) is 0 Å². The fraction of sp³-hybridized carbons (Fsp3) is 0.214. The highest BCUT2D eigenvalue weighted by Crippen LogP contribution is 2.38. The third kappa shape index (κ3) is 1.44. The number of hydrogen-bond donors (Lipinski definition) is 0. The Bertz CT molecular complexity index is 683. The Balaban J connectivity index is 2.00. The molecule has 2 aliphatic heterocycles. The Labute approximate surface area is 110 Å². The number of anilines is 1. The molecule has 0 aliphatic carbocycles. The van der Waals surface area contributed by atoms with Gasteiger partial charge in [0.2, 0.25) is 0 Å². The Morgan fingerprint density at radius 1 is 1.21 bits per heavy atom. The smallest absolute Gasteiger partial charge is 0.263 e. The number of aliphatic imine (C=N–C) groups is 1. The van der Waals surface area contributed by atoms with Gasteiger partial charge in [0.05, 0.1) is 18.2 Å². The average molecular weight is 252 g/mol. The van der Waals surface area contributed by atoms with Crippen LogP contribution in [0.3, 0.4) is 0 Å². The fourth-order valence-corrected chi connectivity index (χ4v) is 2.51. The second-order valence-corrected chi connectivity index (χ2v) is 4.67. The first-order valence-electron chi connectivity index (χ1n) is 6.26. The van der Waals surface area contributed by atoms with Gasteiger partial charge in [-0.15, -0.1) is 0 Å². The zero-order valence-electron chi connectivity index (χ0n) is 10.4. The van der Waals surface area contributed by atoms with Crippen LogP contribution in [0, 0.1) is 0 Å². The molecule has 5 nitrogen and oxygen atoms in total. The molecule has 1 atom stereocenters. The maximum Gasteiger partial charge on any atom is 0.263 e. The lowest BCUT2D eigenvalue weighted by Crippen LogP contribution is -2.35. The summed E-state index contributed by atoms with van der Waals surface area (Å²) in [5.41, 5.74) is 0.992. The van der Waals surface area contributed by atoms with Crippen LogP contribution in [0.5, 0.6) is 11.6 Å². The van der Waals surface area contributed by atoms with E-state index in [1.807, 2.05) is 24.3 Å². The zero-order valence-corrected chi connectivity index (χ0v) is 10.4. The molecule has 19 heavy (non-hydrogen) atoms. The van der Waals surface area contributed by atoms with Gasteiger partial charge in [-0.2, -0.15) is 0 Å². The first-order chi connectivity index (χ1) is 9.34. The van der Waals surface area contributed by atoms with E-state index in [4.69, 9.17) is 4.74 Å². The van der Waals surface area contributed by atoms with Crippen molar-refractivity contribution in [2.75, 3.05) is 11.4 Å². The van der Waals surface area contributed by atoms with Gasteiger partial charge in [0, 0.05) is 12.4 Å². The molecular weight excluding hydrogens is 240 g/mol. The summed E-state index contributed by atoms with van der Waals surface area (Å²) < 4.78 is 5.89. The standard InChI is InChI=1S/C14H12N4O/c1-9-8-17-12-10-4-2-3-5-11(10)19-14-13(18(9)12)15-6-7-16-14/h2-7,9H,8H2,1H3. The van der Waals surface area contributed by atoms with E-state index in [1.165, 1.54) is 0 Å². The van der Waals surface area contributed by atoms with Gasteiger partial charge < -0.3 is 9.64 Å². The van der Waals surface area contributed by atoms with Gasteiger partial charge in [-0.1, -0.05) is 12.1 Å². The highest BCUT2D eigenvalue weighted by atomic mass is 16.5. The molecule has 0 bridgehead atoms. The summed E-state index contributed by atoms with van der Waals surface area (Å²) in [6.45, 7) is 2.89. The molecule has 2 aromatic rings. The number of benzene rings is 1. The summed E-state index contributed by atoms with van der Waals surface area (Å²) >= 11 is 0. The molecule has 1 aromatic heterocycles. The van der Waals surface area contributed by atoms with Crippen LogP contribution in [0.2, 0.25) is 0 Å². The normalized spacial score (nSPS) is 19.7. The van der Waals surface area contributed by atoms with Crippen molar-refractivity contribution in [1.29, 1.82) is 0 Å². The quantitative estimate of drug-likeness (QED) is 0.721. The minimum absolute atomic E-state index is 0.264. The highest BCUT2D eigenvalue weighted by molar-refractivity contribution is 6.13. The average Bonchev–Trinajstić information content (AvgIpc) is 2.75. The van der Waals surface area contributed by atoms with E-state index >= 15 is 0 Å². The summed E-state index contributed by atoms with van der Waals surface area (Å²) in [6, 6.07) is 8.15. The van der Waals surface area contributed by atoms with Crippen molar-refractivity contribution in [3.8, 4) is 11.6 Å². The van der Waals surface area contributed by atoms with E-state index < -0.39 is 0 Å². The molecule has 4 rings (SSSR count). The molecule has 0 radical (unpaired) electrons. The van der Waals surface area contributed by atoms with Crippen LogP contribution < -0.4 is 9.64 Å². The van der Waals surface area contributed by atoms with E-state index in [2.05, 4.69) is 26.8 Å². The Morgan fingerprint density at radius 2 is 2.05 bits per heavy atom. The van der Waals surface area contributed by atoms with E-state index in [0.717, 1.165) is 29.5 Å². The zero-order chi connectivity index (χ0) is 12.8. The number of amidine groups is 1. The molecule has 0 spiro atoms. The lowest BCUT2D eigenvalue weighted by molar-refractivity contribution is 0.462. The van der Waals surface area contributed by atoms with Crippen molar-refractivity contribution in [3.05, 3.63) is 42.2 Å². The van der Waals surface area contributed by atoms with Gasteiger partial charge in [-0.05, 0) is 19.1 Å². The van der Waals surface area contributed by atoms with E-state index in [1.54, 1.807) is 12.4 Å². The van der Waals surface area contributed by atoms with Crippen LogP contribution in [0.15, 0.2) is 41.7 Å². The summed E-state index contributed by atoms with van der Waals surface area (Å²) in [5.74, 6) is 2.97. The maximum absolute atomic E-state index is 5.89. The van der Waals surface area contributed by atoms with Crippen LogP contribution >= 0.6 is 0 Å². The second kappa shape index (κ2) is 3.78. The third-order valence-corrected chi connectivity index (χ3v) is 3.38. The lowest BCUT2D eigenvalue weighted by atomic mass is 10.1. The van der Waals surface area contributed by atoms with Crippen LogP contribution in [-0.4, -0.2) is 28.4 Å². The molecule has 0 saturated carbocycles. The minimum atomic E-state index is 0.264. The van der Waals surface area contributed by atoms with Gasteiger partial charge in [-0.3, -0.25) is 4.99 Å². The van der Waals surface area contributed by atoms with Crippen molar-refractivity contribution in [3.63, 3.8) is 0 Å². The van der Waals surface area contributed by atoms with Crippen molar-refractivity contribution in [2.24, 2.45) is 4.99 Å². The molecule has 0 amide bonds. The molecule has 5 heteroatoms. The number of fused-ring (bicyclic) bond motifs is 5. The molecule has 2 aliphatic rings. The monoisotopic (exact) mass is 252 g/mol. The van der Waals surface area contributed by atoms with Crippen molar-refractivity contribution in [1.82, 2.24) is 9.97 Å². The molecule has 94 valence electrons. The number of aromatic nitrogens is 2. The number of hydrogen-bond acceptors (Lipinski definition) is 5. The molecular formula is C14H12N4O. The third-order valence-electron chi connectivity index (χ3n) is 3.38. The largest absolute Gasteiger partial charge is 0.435 e. The van der Waals surface area contributed by atoms with Gasteiger partial charge in [-0.25, -0.2) is 9.97 Å². The lowest BCUT2D eigenvalue weighted by Gasteiger charge is -2.22. The number of ether oxygens (including phenoxy) is 1. The molecule has 1 aromatic carbocycles. The van der Waals surface area contributed by atoms with Crippen LogP contribution in [0.1, 0.15) is 12.5 Å². The van der Waals surface area contributed by atoms with Crippen molar-refractivity contribution < 1.29 is 4.74 Å². The van der Waals surface area contributed by atoms with Gasteiger partial charge in [0.25, 0.3) is 5.88 Å². The predicted molar refractivity (Wildman–Crippen MR) is 71.9 cm³/mol. The second-order valence-electron chi connectivity index (χ2n) is 4.67.